The normalized spacial score (nSPS) is 10.5. The van der Waals surface area contributed by atoms with E-state index in [0.717, 1.165) is 28.2 Å². The smallest absolute Gasteiger partial charge is 0.225 e. The van der Waals surface area contributed by atoms with E-state index in [0.29, 0.717) is 11.5 Å². The van der Waals surface area contributed by atoms with Gasteiger partial charge in [0.25, 0.3) is 0 Å². The lowest BCUT2D eigenvalue weighted by Gasteiger charge is -2.06. The summed E-state index contributed by atoms with van der Waals surface area (Å²) in [5.74, 6) is 1.44. The highest BCUT2D eigenvalue weighted by atomic mass is 16.5. The molecule has 0 bridgehead atoms. The number of hydrogen-bond acceptors (Lipinski definition) is 5. The second kappa shape index (κ2) is 7.09. The minimum Gasteiger partial charge on any atom is -0.497 e. The largest absolute Gasteiger partial charge is 0.497 e. The fraction of sp³-hybridized carbons (Fsp3) is 0.158. The van der Waals surface area contributed by atoms with Crippen LogP contribution in [0.5, 0.6) is 11.5 Å². The van der Waals surface area contributed by atoms with Crippen molar-refractivity contribution in [3.63, 3.8) is 0 Å². The maximum atomic E-state index is 11.4. The molecule has 6 nitrogen and oxygen atoms in total. The lowest BCUT2D eigenvalue weighted by molar-refractivity contribution is -0.117. The predicted molar refractivity (Wildman–Crippen MR) is 93.4 cm³/mol. The quantitative estimate of drug-likeness (QED) is 0.746. The van der Waals surface area contributed by atoms with Gasteiger partial charge in [0.1, 0.15) is 17.2 Å². The number of aromatic nitrogens is 1. The van der Waals surface area contributed by atoms with Crippen LogP contribution in [-0.4, -0.2) is 25.3 Å². The number of nitrogens with zero attached hydrogens (tertiary/aromatic N) is 1. The molecule has 0 radical (unpaired) electrons. The van der Waals surface area contributed by atoms with E-state index in [-0.39, 0.29) is 6.42 Å². The minimum absolute atomic E-state index is 0.0233. The van der Waals surface area contributed by atoms with Crippen molar-refractivity contribution in [1.82, 2.24) is 5.16 Å². The zero-order chi connectivity index (χ0) is 17.8. The molecule has 1 amide bonds. The van der Waals surface area contributed by atoms with Crippen LogP contribution in [0.2, 0.25) is 0 Å². The van der Waals surface area contributed by atoms with Crippen LogP contribution >= 0.6 is 0 Å². The Bertz CT molecular complexity index is 867. The zero-order valence-electron chi connectivity index (χ0n) is 14.0. The maximum absolute atomic E-state index is 11.4. The van der Waals surface area contributed by atoms with Crippen LogP contribution in [0.4, 0.5) is 0 Å². The molecular formula is C19H18N2O4. The monoisotopic (exact) mass is 338 g/mol. The average Bonchev–Trinajstić information content (AvgIpc) is 3.04. The highest BCUT2D eigenvalue weighted by Crippen LogP contribution is 2.36. The summed E-state index contributed by atoms with van der Waals surface area (Å²) in [5.41, 5.74) is 8.44. The summed E-state index contributed by atoms with van der Waals surface area (Å²) in [6.07, 6.45) is -0.0233. The molecule has 2 N–H and O–H groups in total. The Kier molecular flexibility index (Phi) is 4.70. The van der Waals surface area contributed by atoms with Crippen molar-refractivity contribution in [2.75, 3.05) is 14.2 Å². The van der Waals surface area contributed by atoms with Gasteiger partial charge < -0.3 is 19.7 Å². The van der Waals surface area contributed by atoms with Crippen molar-refractivity contribution in [3.8, 4) is 33.9 Å². The van der Waals surface area contributed by atoms with Crippen LogP contribution in [0.1, 0.15) is 5.76 Å². The number of carbonyl (C=O) groups is 1. The highest BCUT2D eigenvalue weighted by molar-refractivity contribution is 5.86. The Balaban J connectivity index is 2.11. The lowest BCUT2D eigenvalue weighted by atomic mass is 9.98. The van der Waals surface area contributed by atoms with Gasteiger partial charge in [0.15, 0.2) is 5.76 Å². The number of rotatable bonds is 6. The Morgan fingerprint density at radius 2 is 1.48 bits per heavy atom. The number of primary amides is 1. The Morgan fingerprint density at radius 1 is 0.960 bits per heavy atom. The molecule has 0 aliphatic rings. The van der Waals surface area contributed by atoms with Crippen molar-refractivity contribution < 1.29 is 18.8 Å². The second-order valence-corrected chi connectivity index (χ2v) is 5.43. The summed E-state index contributed by atoms with van der Waals surface area (Å²) >= 11 is 0. The van der Waals surface area contributed by atoms with Crippen LogP contribution in [0.25, 0.3) is 22.4 Å². The molecule has 0 atom stereocenters. The van der Waals surface area contributed by atoms with Gasteiger partial charge in [0.05, 0.1) is 26.2 Å². The van der Waals surface area contributed by atoms with E-state index in [1.165, 1.54) is 0 Å². The van der Waals surface area contributed by atoms with Gasteiger partial charge in [-0.05, 0) is 42.0 Å². The van der Waals surface area contributed by atoms with Crippen molar-refractivity contribution in [2.24, 2.45) is 5.73 Å². The molecule has 128 valence electrons. The third kappa shape index (κ3) is 3.47. The number of amides is 1. The molecule has 0 fully saturated rings. The number of hydrogen-bond donors (Lipinski definition) is 1. The molecule has 0 spiro atoms. The van der Waals surface area contributed by atoms with E-state index < -0.39 is 5.91 Å². The second-order valence-electron chi connectivity index (χ2n) is 5.43. The molecule has 0 unspecified atom stereocenters. The van der Waals surface area contributed by atoms with Crippen LogP contribution in [-0.2, 0) is 11.2 Å². The van der Waals surface area contributed by atoms with E-state index in [4.69, 9.17) is 19.7 Å². The first-order valence-corrected chi connectivity index (χ1v) is 7.68. The van der Waals surface area contributed by atoms with Crippen molar-refractivity contribution in [3.05, 3.63) is 54.3 Å². The standard InChI is InChI=1S/C19H18N2O4/c1-23-14-7-3-12(4-8-14)18-16(11-17(20)22)25-21-19(18)13-5-9-15(24-2)10-6-13/h3-10H,11H2,1-2H3,(H2,20,22). The molecule has 2 aromatic carbocycles. The van der Waals surface area contributed by atoms with E-state index >= 15 is 0 Å². The summed E-state index contributed by atoms with van der Waals surface area (Å²) in [6, 6.07) is 14.9. The molecule has 0 saturated heterocycles. The van der Waals surface area contributed by atoms with Crippen molar-refractivity contribution >= 4 is 5.91 Å². The fourth-order valence-electron chi connectivity index (χ4n) is 2.60. The molecular weight excluding hydrogens is 320 g/mol. The summed E-state index contributed by atoms with van der Waals surface area (Å²) in [4.78, 5) is 11.4. The van der Waals surface area contributed by atoms with Gasteiger partial charge in [-0.1, -0.05) is 17.3 Å². The van der Waals surface area contributed by atoms with Gasteiger partial charge >= 0.3 is 0 Å². The predicted octanol–water partition coefficient (Wildman–Crippen LogP) is 3.05. The molecule has 0 saturated carbocycles. The lowest BCUT2D eigenvalue weighted by Crippen LogP contribution is -2.13. The number of carbonyl (C=O) groups excluding carboxylic acids is 1. The van der Waals surface area contributed by atoms with E-state index in [1.807, 2.05) is 48.5 Å². The summed E-state index contributed by atoms with van der Waals surface area (Å²) < 4.78 is 15.8. The summed E-state index contributed by atoms with van der Waals surface area (Å²) in [7, 11) is 3.22. The molecule has 6 heteroatoms. The molecule has 3 aromatic rings. The summed E-state index contributed by atoms with van der Waals surface area (Å²) in [5, 5.41) is 4.16. The molecule has 0 aliphatic carbocycles. The number of ether oxygens (including phenoxy) is 2. The van der Waals surface area contributed by atoms with Gasteiger partial charge in [-0.3, -0.25) is 4.79 Å². The van der Waals surface area contributed by atoms with Crippen LogP contribution in [0.15, 0.2) is 53.1 Å². The molecule has 1 heterocycles. The Morgan fingerprint density at radius 3 is 1.96 bits per heavy atom. The van der Waals surface area contributed by atoms with Gasteiger partial charge in [-0.2, -0.15) is 0 Å². The first-order valence-electron chi connectivity index (χ1n) is 7.68. The number of benzene rings is 2. The Labute approximate surface area is 145 Å². The minimum atomic E-state index is -0.479. The third-order valence-corrected chi connectivity index (χ3v) is 3.84. The van der Waals surface area contributed by atoms with E-state index in [2.05, 4.69) is 5.16 Å². The number of nitrogens with two attached hydrogens (primary N) is 1. The van der Waals surface area contributed by atoms with Gasteiger partial charge in [0.2, 0.25) is 5.91 Å². The van der Waals surface area contributed by atoms with Crippen molar-refractivity contribution in [1.29, 1.82) is 0 Å². The summed E-state index contributed by atoms with van der Waals surface area (Å²) in [6.45, 7) is 0. The highest BCUT2D eigenvalue weighted by Gasteiger charge is 2.20. The average molecular weight is 338 g/mol. The molecule has 0 aliphatic heterocycles. The van der Waals surface area contributed by atoms with Crippen LogP contribution in [0, 0.1) is 0 Å². The fourth-order valence-corrected chi connectivity index (χ4v) is 2.60. The van der Waals surface area contributed by atoms with E-state index in [1.54, 1.807) is 14.2 Å². The Hall–Kier alpha value is -3.28. The first kappa shape index (κ1) is 16.6. The van der Waals surface area contributed by atoms with E-state index in [9.17, 15) is 4.79 Å². The molecule has 1 aromatic heterocycles. The SMILES string of the molecule is COc1ccc(-c2noc(CC(N)=O)c2-c2ccc(OC)cc2)cc1. The van der Waals surface area contributed by atoms with Crippen molar-refractivity contribution in [2.45, 2.75) is 6.42 Å². The van der Waals surface area contributed by atoms with Gasteiger partial charge in [-0.25, -0.2) is 0 Å². The maximum Gasteiger partial charge on any atom is 0.225 e. The van der Waals surface area contributed by atoms with Gasteiger partial charge in [0, 0.05) is 5.56 Å². The third-order valence-electron chi connectivity index (χ3n) is 3.84. The number of methoxy groups -OCH3 is 2. The topological polar surface area (TPSA) is 87.6 Å². The van der Waals surface area contributed by atoms with Gasteiger partial charge in [-0.15, -0.1) is 0 Å². The molecule has 25 heavy (non-hydrogen) atoms. The zero-order valence-corrected chi connectivity index (χ0v) is 14.0. The van der Waals surface area contributed by atoms with Crippen LogP contribution in [0.3, 0.4) is 0 Å². The first-order chi connectivity index (χ1) is 12.1. The molecule has 3 rings (SSSR count). The van der Waals surface area contributed by atoms with Crippen LogP contribution < -0.4 is 15.2 Å².